The minimum Gasteiger partial charge on any atom is -0.311 e. The van der Waals surface area contributed by atoms with Crippen molar-refractivity contribution >= 4 is 5.69 Å². The lowest BCUT2D eigenvalue weighted by Crippen LogP contribution is -2.31. The summed E-state index contributed by atoms with van der Waals surface area (Å²) in [6.07, 6.45) is 2.39. The smallest absolute Gasteiger partial charge is 0.0517 e. The molecule has 0 bridgehead atoms. The van der Waals surface area contributed by atoms with Crippen LogP contribution < -0.4 is 10.9 Å². The molecule has 84 valence electrons. The minimum atomic E-state index is 0.761. The maximum Gasteiger partial charge on any atom is 0.0517 e. The average molecular weight is 206 g/mol. The monoisotopic (exact) mass is 206 g/mol. The summed E-state index contributed by atoms with van der Waals surface area (Å²) in [4.78, 5) is 0. The average Bonchev–Trinajstić information content (AvgIpc) is 2.18. The molecule has 2 heteroatoms. The van der Waals surface area contributed by atoms with Gasteiger partial charge in [-0.25, -0.2) is 5.84 Å². The third kappa shape index (κ3) is 4.34. The van der Waals surface area contributed by atoms with E-state index in [-0.39, 0.29) is 0 Å². The number of anilines is 1. The molecule has 0 amide bonds. The van der Waals surface area contributed by atoms with Crippen molar-refractivity contribution in [3.63, 3.8) is 0 Å². The lowest BCUT2D eigenvalue weighted by molar-refractivity contribution is 0.551. The molecule has 15 heavy (non-hydrogen) atoms. The molecule has 0 fully saturated rings. The maximum atomic E-state index is 5.96. The normalized spacial score (nSPS) is 10.7. The lowest BCUT2D eigenvalue weighted by Gasteiger charge is -2.19. The Hall–Kier alpha value is -1.02. The summed E-state index contributed by atoms with van der Waals surface area (Å²) in [5.74, 6) is 6.73. The highest BCUT2D eigenvalue weighted by molar-refractivity contribution is 5.45. The summed E-state index contributed by atoms with van der Waals surface area (Å²) >= 11 is 0. The van der Waals surface area contributed by atoms with Crippen molar-refractivity contribution in [1.82, 2.24) is 0 Å². The number of hydrogen-bond donors (Lipinski definition) is 1. The Kier molecular flexibility index (Phi) is 4.63. The quantitative estimate of drug-likeness (QED) is 0.592. The van der Waals surface area contributed by atoms with Gasteiger partial charge >= 0.3 is 0 Å². The standard InChI is InChI=1S/C13H22N2/c1-11(2)5-4-10-15(14)13-8-6-12(3)7-9-13/h6-9,11H,4-5,10,14H2,1-3H3. The van der Waals surface area contributed by atoms with Gasteiger partial charge in [0.2, 0.25) is 0 Å². The summed E-state index contributed by atoms with van der Waals surface area (Å²) in [7, 11) is 0. The van der Waals surface area contributed by atoms with E-state index in [4.69, 9.17) is 5.84 Å². The number of nitrogens with two attached hydrogens (primary N) is 1. The Bertz CT molecular complexity index is 277. The van der Waals surface area contributed by atoms with Crippen molar-refractivity contribution in [3.8, 4) is 0 Å². The van der Waals surface area contributed by atoms with Gasteiger partial charge in [0.15, 0.2) is 0 Å². The fraction of sp³-hybridized carbons (Fsp3) is 0.538. The predicted molar refractivity (Wildman–Crippen MR) is 66.8 cm³/mol. The topological polar surface area (TPSA) is 29.3 Å². The van der Waals surface area contributed by atoms with Crippen LogP contribution in [0.5, 0.6) is 0 Å². The molecule has 1 aromatic rings. The van der Waals surface area contributed by atoms with Crippen LogP contribution in [0.15, 0.2) is 24.3 Å². The Balaban J connectivity index is 2.40. The summed E-state index contributed by atoms with van der Waals surface area (Å²) in [6.45, 7) is 7.50. The summed E-state index contributed by atoms with van der Waals surface area (Å²) in [5, 5.41) is 1.84. The van der Waals surface area contributed by atoms with E-state index >= 15 is 0 Å². The van der Waals surface area contributed by atoms with Gasteiger partial charge in [0.05, 0.1) is 5.69 Å². The number of benzene rings is 1. The highest BCUT2D eigenvalue weighted by Crippen LogP contribution is 2.13. The van der Waals surface area contributed by atoms with E-state index in [0.29, 0.717) is 0 Å². The van der Waals surface area contributed by atoms with Crippen LogP contribution in [0.3, 0.4) is 0 Å². The predicted octanol–water partition coefficient (Wildman–Crippen LogP) is 3.11. The SMILES string of the molecule is Cc1ccc(N(N)CCCC(C)C)cc1. The Morgan fingerprint density at radius 1 is 1.20 bits per heavy atom. The largest absolute Gasteiger partial charge is 0.311 e. The minimum absolute atomic E-state index is 0.761. The van der Waals surface area contributed by atoms with Gasteiger partial charge < -0.3 is 5.01 Å². The molecule has 0 atom stereocenters. The molecule has 2 nitrogen and oxygen atoms in total. The van der Waals surface area contributed by atoms with Gasteiger partial charge in [0.1, 0.15) is 0 Å². The molecule has 0 saturated carbocycles. The summed E-state index contributed by atoms with van der Waals surface area (Å²) in [6, 6.07) is 8.34. The van der Waals surface area contributed by atoms with E-state index in [2.05, 4.69) is 45.0 Å². The van der Waals surface area contributed by atoms with Crippen LogP contribution in [0.25, 0.3) is 0 Å². The molecule has 0 aliphatic heterocycles. The van der Waals surface area contributed by atoms with Crippen molar-refractivity contribution in [1.29, 1.82) is 0 Å². The second-order valence-electron chi connectivity index (χ2n) is 4.57. The highest BCUT2D eigenvalue weighted by atomic mass is 15.4. The molecule has 0 unspecified atom stereocenters. The van der Waals surface area contributed by atoms with Crippen molar-refractivity contribution in [2.75, 3.05) is 11.6 Å². The molecule has 0 aliphatic carbocycles. The molecule has 1 rings (SSSR count). The van der Waals surface area contributed by atoms with E-state index < -0.39 is 0 Å². The van der Waals surface area contributed by atoms with Gasteiger partial charge in [-0.15, -0.1) is 0 Å². The third-order valence-electron chi connectivity index (χ3n) is 2.55. The van der Waals surface area contributed by atoms with Gasteiger partial charge in [-0.3, -0.25) is 0 Å². The molecular formula is C13H22N2. The van der Waals surface area contributed by atoms with Crippen LogP contribution in [0.1, 0.15) is 32.3 Å². The first-order chi connectivity index (χ1) is 7.09. The van der Waals surface area contributed by atoms with Crippen LogP contribution >= 0.6 is 0 Å². The number of nitrogens with zero attached hydrogens (tertiary/aromatic N) is 1. The number of hydrazine groups is 1. The maximum absolute atomic E-state index is 5.96. The fourth-order valence-corrected chi connectivity index (χ4v) is 1.54. The fourth-order valence-electron chi connectivity index (χ4n) is 1.54. The van der Waals surface area contributed by atoms with E-state index in [1.165, 1.54) is 12.0 Å². The highest BCUT2D eigenvalue weighted by Gasteiger charge is 2.01. The second kappa shape index (κ2) is 5.76. The molecule has 0 radical (unpaired) electrons. The van der Waals surface area contributed by atoms with Crippen LogP contribution in [-0.4, -0.2) is 6.54 Å². The summed E-state index contributed by atoms with van der Waals surface area (Å²) in [5.41, 5.74) is 2.37. The van der Waals surface area contributed by atoms with E-state index in [9.17, 15) is 0 Å². The van der Waals surface area contributed by atoms with Gasteiger partial charge in [-0.1, -0.05) is 31.5 Å². The van der Waals surface area contributed by atoms with Gasteiger partial charge in [0, 0.05) is 6.54 Å². The zero-order valence-electron chi connectivity index (χ0n) is 10.0. The third-order valence-corrected chi connectivity index (χ3v) is 2.55. The van der Waals surface area contributed by atoms with E-state index in [0.717, 1.165) is 24.6 Å². The van der Waals surface area contributed by atoms with Crippen molar-refractivity contribution in [3.05, 3.63) is 29.8 Å². The van der Waals surface area contributed by atoms with Crippen molar-refractivity contribution in [2.45, 2.75) is 33.6 Å². The Labute approximate surface area is 93.1 Å². The lowest BCUT2D eigenvalue weighted by atomic mass is 10.1. The first kappa shape index (κ1) is 12.1. The zero-order valence-corrected chi connectivity index (χ0v) is 10.0. The number of hydrogen-bond acceptors (Lipinski definition) is 2. The van der Waals surface area contributed by atoms with E-state index in [1.54, 1.807) is 0 Å². The van der Waals surface area contributed by atoms with E-state index in [1.807, 2.05) is 5.01 Å². The summed E-state index contributed by atoms with van der Waals surface area (Å²) < 4.78 is 0. The Morgan fingerprint density at radius 3 is 2.33 bits per heavy atom. The van der Waals surface area contributed by atoms with Crippen molar-refractivity contribution < 1.29 is 0 Å². The first-order valence-corrected chi connectivity index (χ1v) is 5.68. The van der Waals surface area contributed by atoms with Gasteiger partial charge in [0.25, 0.3) is 0 Å². The molecule has 0 aliphatic rings. The zero-order chi connectivity index (χ0) is 11.3. The van der Waals surface area contributed by atoms with Crippen LogP contribution in [0, 0.1) is 12.8 Å². The van der Waals surface area contributed by atoms with Crippen molar-refractivity contribution in [2.24, 2.45) is 11.8 Å². The van der Waals surface area contributed by atoms with Crippen LogP contribution in [0.4, 0.5) is 5.69 Å². The van der Waals surface area contributed by atoms with Gasteiger partial charge in [-0.05, 0) is 37.8 Å². The molecule has 2 N–H and O–H groups in total. The van der Waals surface area contributed by atoms with Crippen LogP contribution in [-0.2, 0) is 0 Å². The molecule has 1 aromatic carbocycles. The molecule has 0 spiro atoms. The Morgan fingerprint density at radius 2 is 1.80 bits per heavy atom. The molecule has 0 aromatic heterocycles. The van der Waals surface area contributed by atoms with Gasteiger partial charge in [-0.2, -0.15) is 0 Å². The van der Waals surface area contributed by atoms with Crippen LogP contribution in [0.2, 0.25) is 0 Å². The molecular weight excluding hydrogens is 184 g/mol. The molecule has 0 saturated heterocycles. The number of aryl methyl sites for hydroxylation is 1. The number of rotatable bonds is 5. The molecule has 0 heterocycles. The second-order valence-corrected chi connectivity index (χ2v) is 4.57. The first-order valence-electron chi connectivity index (χ1n) is 5.68.